The van der Waals surface area contributed by atoms with Crippen LogP contribution in [-0.4, -0.2) is 22.5 Å². The van der Waals surface area contributed by atoms with Gasteiger partial charge in [0, 0.05) is 19.8 Å². The Hall–Kier alpha value is -2.69. The Kier molecular flexibility index (Phi) is 3.63. The Morgan fingerprint density at radius 2 is 1.95 bits per heavy atom. The van der Waals surface area contributed by atoms with E-state index in [0.717, 1.165) is 22.3 Å². The summed E-state index contributed by atoms with van der Waals surface area (Å²) in [6.45, 7) is 0. The Balaban J connectivity index is 1.80. The van der Waals surface area contributed by atoms with Crippen molar-refractivity contribution in [1.29, 1.82) is 0 Å². The van der Waals surface area contributed by atoms with Gasteiger partial charge in [-0.05, 0) is 35.9 Å². The molecule has 0 N–H and O–H groups in total. The molecule has 0 aliphatic rings. The zero-order chi connectivity index (χ0) is 15.7. The van der Waals surface area contributed by atoms with Gasteiger partial charge >= 0.3 is 0 Å². The number of halogens is 1. The predicted octanol–water partition coefficient (Wildman–Crippen LogP) is 2.92. The van der Waals surface area contributed by atoms with Crippen molar-refractivity contribution in [1.82, 2.24) is 9.55 Å². The number of carbonyl (C=O) groups is 1. The van der Waals surface area contributed by atoms with Crippen molar-refractivity contribution in [3.63, 3.8) is 0 Å². The third-order valence-corrected chi connectivity index (χ3v) is 3.74. The van der Waals surface area contributed by atoms with Crippen LogP contribution in [0, 0.1) is 5.82 Å². The number of fused-ring (bicyclic) bond motifs is 1. The van der Waals surface area contributed by atoms with Crippen LogP contribution in [0.3, 0.4) is 0 Å². The fraction of sp³-hybridized carbons (Fsp3) is 0.176. The lowest BCUT2D eigenvalue weighted by Crippen LogP contribution is -2.27. The molecule has 1 aromatic heterocycles. The van der Waals surface area contributed by atoms with Crippen LogP contribution in [0.4, 0.5) is 10.1 Å². The van der Waals surface area contributed by atoms with Crippen LogP contribution in [0.15, 0.2) is 48.8 Å². The van der Waals surface area contributed by atoms with E-state index in [9.17, 15) is 9.18 Å². The maximum atomic E-state index is 12.9. The average Bonchev–Trinajstić information content (AvgIpc) is 2.89. The molecule has 0 bridgehead atoms. The molecule has 0 saturated carbocycles. The zero-order valence-electron chi connectivity index (χ0n) is 12.5. The maximum Gasteiger partial charge on any atom is 0.231 e. The van der Waals surface area contributed by atoms with Crippen LogP contribution in [0.2, 0.25) is 0 Å². The molecule has 3 rings (SSSR count). The number of imidazole rings is 1. The molecule has 0 radical (unpaired) electrons. The normalized spacial score (nSPS) is 10.9. The first-order valence-corrected chi connectivity index (χ1v) is 6.96. The minimum atomic E-state index is -0.301. The number of anilines is 1. The van der Waals surface area contributed by atoms with Crippen molar-refractivity contribution in [3.8, 4) is 0 Å². The van der Waals surface area contributed by atoms with Crippen LogP contribution < -0.4 is 4.90 Å². The van der Waals surface area contributed by atoms with E-state index in [2.05, 4.69) is 4.98 Å². The summed E-state index contributed by atoms with van der Waals surface area (Å²) in [5.74, 6) is -0.355. The van der Waals surface area contributed by atoms with Gasteiger partial charge in [0.25, 0.3) is 0 Å². The van der Waals surface area contributed by atoms with Gasteiger partial charge in [-0.3, -0.25) is 4.79 Å². The lowest BCUT2D eigenvalue weighted by molar-refractivity contribution is -0.117. The first-order valence-electron chi connectivity index (χ1n) is 6.96. The average molecular weight is 297 g/mol. The van der Waals surface area contributed by atoms with Crippen molar-refractivity contribution in [2.24, 2.45) is 7.05 Å². The van der Waals surface area contributed by atoms with Gasteiger partial charge in [-0.2, -0.15) is 0 Å². The SMILES string of the molecule is CN(C(=O)Cc1ccc(F)cc1)c1ccc2c(c1)ncn2C. The number of hydrogen-bond acceptors (Lipinski definition) is 2. The number of nitrogens with zero attached hydrogens (tertiary/aromatic N) is 3. The molecule has 0 unspecified atom stereocenters. The van der Waals surface area contributed by atoms with Crippen molar-refractivity contribution in [2.75, 3.05) is 11.9 Å². The summed E-state index contributed by atoms with van der Waals surface area (Å²) in [5.41, 5.74) is 3.44. The highest BCUT2D eigenvalue weighted by Gasteiger charge is 2.13. The van der Waals surface area contributed by atoms with Gasteiger partial charge in [0.15, 0.2) is 0 Å². The Morgan fingerprint density at radius 1 is 1.23 bits per heavy atom. The van der Waals surface area contributed by atoms with Gasteiger partial charge in [0.1, 0.15) is 5.82 Å². The predicted molar refractivity (Wildman–Crippen MR) is 84.2 cm³/mol. The summed E-state index contributed by atoms with van der Waals surface area (Å²) >= 11 is 0. The molecular weight excluding hydrogens is 281 g/mol. The highest BCUT2D eigenvalue weighted by molar-refractivity contribution is 5.96. The quantitative estimate of drug-likeness (QED) is 0.745. The van der Waals surface area contributed by atoms with Crippen LogP contribution in [0.25, 0.3) is 11.0 Å². The summed E-state index contributed by atoms with van der Waals surface area (Å²) in [7, 11) is 3.66. The van der Waals surface area contributed by atoms with Crippen LogP contribution in [0.1, 0.15) is 5.56 Å². The molecule has 3 aromatic rings. The molecule has 1 heterocycles. The molecule has 5 heteroatoms. The molecule has 0 aliphatic carbocycles. The molecule has 0 spiro atoms. The molecule has 0 atom stereocenters. The standard InChI is InChI=1S/C17H16FN3O/c1-20-11-19-15-10-14(7-8-16(15)20)21(2)17(22)9-12-3-5-13(18)6-4-12/h3-8,10-11H,9H2,1-2H3. The minimum absolute atomic E-state index is 0.0538. The first-order chi connectivity index (χ1) is 10.5. The van der Waals surface area contributed by atoms with E-state index in [1.807, 2.05) is 29.8 Å². The van der Waals surface area contributed by atoms with Crippen molar-refractivity contribution in [3.05, 3.63) is 60.2 Å². The van der Waals surface area contributed by atoms with Crippen LogP contribution in [-0.2, 0) is 18.3 Å². The number of aryl methyl sites for hydroxylation is 1. The van der Waals surface area contributed by atoms with Gasteiger partial charge in [-0.25, -0.2) is 9.37 Å². The topological polar surface area (TPSA) is 38.1 Å². The molecule has 112 valence electrons. The third kappa shape index (κ3) is 2.70. The number of likely N-dealkylation sites (N-methyl/N-ethyl adjacent to an activating group) is 1. The van der Waals surface area contributed by atoms with Crippen molar-refractivity contribution < 1.29 is 9.18 Å². The van der Waals surface area contributed by atoms with Gasteiger partial charge in [-0.15, -0.1) is 0 Å². The van der Waals surface area contributed by atoms with E-state index in [1.54, 1.807) is 30.4 Å². The fourth-order valence-corrected chi connectivity index (χ4v) is 2.37. The first kappa shape index (κ1) is 14.3. The van der Waals surface area contributed by atoms with Gasteiger partial charge in [0.05, 0.1) is 23.8 Å². The Labute approximate surface area is 127 Å². The second-order valence-corrected chi connectivity index (χ2v) is 5.28. The van der Waals surface area contributed by atoms with E-state index in [4.69, 9.17) is 0 Å². The van der Waals surface area contributed by atoms with E-state index < -0.39 is 0 Å². The monoisotopic (exact) mass is 297 g/mol. The van der Waals surface area contributed by atoms with Gasteiger partial charge in [-0.1, -0.05) is 12.1 Å². The second kappa shape index (κ2) is 5.60. The molecule has 2 aromatic carbocycles. The number of carbonyl (C=O) groups excluding carboxylic acids is 1. The molecule has 0 fully saturated rings. The molecule has 22 heavy (non-hydrogen) atoms. The zero-order valence-corrected chi connectivity index (χ0v) is 12.5. The lowest BCUT2D eigenvalue weighted by atomic mass is 10.1. The van der Waals surface area contributed by atoms with Gasteiger partial charge in [0.2, 0.25) is 5.91 Å². The highest BCUT2D eigenvalue weighted by Crippen LogP contribution is 2.20. The maximum absolute atomic E-state index is 12.9. The minimum Gasteiger partial charge on any atom is -0.334 e. The lowest BCUT2D eigenvalue weighted by Gasteiger charge is -2.17. The largest absolute Gasteiger partial charge is 0.334 e. The molecule has 0 aliphatic heterocycles. The van der Waals surface area contributed by atoms with Crippen molar-refractivity contribution in [2.45, 2.75) is 6.42 Å². The smallest absolute Gasteiger partial charge is 0.231 e. The van der Waals surface area contributed by atoms with E-state index in [0.29, 0.717) is 0 Å². The van der Waals surface area contributed by atoms with E-state index in [1.165, 1.54) is 12.1 Å². The summed E-state index contributed by atoms with van der Waals surface area (Å²) in [6, 6.07) is 11.7. The Bertz CT molecular complexity index is 824. The summed E-state index contributed by atoms with van der Waals surface area (Å²) in [4.78, 5) is 18.2. The number of benzene rings is 2. The summed E-state index contributed by atoms with van der Waals surface area (Å²) in [5, 5.41) is 0. The van der Waals surface area contributed by atoms with E-state index >= 15 is 0 Å². The van der Waals surface area contributed by atoms with E-state index in [-0.39, 0.29) is 18.1 Å². The van der Waals surface area contributed by atoms with Gasteiger partial charge < -0.3 is 9.47 Å². The van der Waals surface area contributed by atoms with Crippen molar-refractivity contribution >= 4 is 22.6 Å². The number of aromatic nitrogens is 2. The summed E-state index contributed by atoms with van der Waals surface area (Å²) < 4.78 is 14.8. The third-order valence-electron chi connectivity index (χ3n) is 3.74. The second-order valence-electron chi connectivity index (χ2n) is 5.28. The number of amides is 1. The van der Waals surface area contributed by atoms with Crippen LogP contribution in [0.5, 0.6) is 0 Å². The fourth-order valence-electron chi connectivity index (χ4n) is 2.37. The molecule has 0 saturated heterocycles. The molecular formula is C17H16FN3O. The Morgan fingerprint density at radius 3 is 2.68 bits per heavy atom. The number of hydrogen-bond donors (Lipinski definition) is 0. The number of rotatable bonds is 3. The summed E-state index contributed by atoms with van der Waals surface area (Å²) in [6.07, 6.45) is 1.98. The molecule has 4 nitrogen and oxygen atoms in total. The van der Waals surface area contributed by atoms with Crippen LogP contribution >= 0.6 is 0 Å². The highest BCUT2D eigenvalue weighted by atomic mass is 19.1. The molecule has 1 amide bonds.